The van der Waals surface area contributed by atoms with Crippen LogP contribution >= 0.6 is 11.6 Å². The van der Waals surface area contributed by atoms with Gasteiger partial charge in [-0.1, -0.05) is 74.0 Å². The van der Waals surface area contributed by atoms with Crippen LogP contribution in [0.2, 0.25) is 5.02 Å². The number of benzene rings is 3. The molecule has 0 aliphatic rings. The van der Waals surface area contributed by atoms with Crippen molar-refractivity contribution in [2.75, 3.05) is 17.4 Å². The summed E-state index contributed by atoms with van der Waals surface area (Å²) in [5, 5.41) is 3.24. The third-order valence-electron chi connectivity index (χ3n) is 6.50. The van der Waals surface area contributed by atoms with Crippen molar-refractivity contribution in [2.45, 2.75) is 52.1 Å². The first kappa shape index (κ1) is 30.2. The molecule has 0 spiro atoms. The van der Waals surface area contributed by atoms with Crippen LogP contribution in [-0.4, -0.2) is 44.3 Å². The van der Waals surface area contributed by atoms with E-state index >= 15 is 0 Å². The van der Waals surface area contributed by atoms with Gasteiger partial charge in [0.2, 0.25) is 11.8 Å². The quantitative estimate of drug-likeness (QED) is 0.338. The number of sulfonamides is 1. The maximum Gasteiger partial charge on any atom is 0.264 e. The van der Waals surface area contributed by atoms with E-state index in [0.29, 0.717) is 22.8 Å². The average Bonchev–Trinajstić information content (AvgIpc) is 2.91. The molecule has 3 rings (SSSR count). The van der Waals surface area contributed by atoms with Crippen molar-refractivity contribution in [3.05, 3.63) is 94.5 Å². The number of hydrogen-bond acceptors (Lipinski definition) is 4. The van der Waals surface area contributed by atoms with Crippen molar-refractivity contribution >= 4 is 39.1 Å². The number of rotatable bonds is 11. The molecule has 2 amide bonds. The van der Waals surface area contributed by atoms with E-state index in [9.17, 15) is 18.0 Å². The smallest absolute Gasteiger partial charge is 0.264 e. The first-order valence-electron chi connectivity index (χ1n) is 12.9. The van der Waals surface area contributed by atoms with Crippen LogP contribution in [0.1, 0.15) is 37.5 Å². The molecule has 1 atom stereocenters. The lowest BCUT2D eigenvalue weighted by Crippen LogP contribution is -2.51. The Labute approximate surface area is 236 Å². The molecule has 3 aromatic carbocycles. The molecule has 9 heteroatoms. The Balaban J connectivity index is 2.05. The standard InChI is InChI=1S/C30H36ClN3O4S/c1-21(2)18-32-30(36)24(5)33(19-25-12-10-9-11-22(25)3)29(35)20-34(28-17-26(31)16-15-23(28)4)39(37,38)27-13-7-6-8-14-27/h6-17,21,24H,18-20H2,1-5H3,(H,32,36). The zero-order valence-electron chi connectivity index (χ0n) is 23.0. The highest BCUT2D eigenvalue weighted by molar-refractivity contribution is 7.92. The fourth-order valence-corrected chi connectivity index (χ4v) is 5.75. The lowest BCUT2D eigenvalue weighted by molar-refractivity contribution is -0.139. The van der Waals surface area contributed by atoms with E-state index in [1.54, 1.807) is 44.2 Å². The van der Waals surface area contributed by atoms with Crippen molar-refractivity contribution in [1.82, 2.24) is 10.2 Å². The Bertz CT molecular complexity index is 1410. The Morgan fingerprint density at radius 1 is 0.897 bits per heavy atom. The van der Waals surface area contributed by atoms with Gasteiger partial charge in [0.25, 0.3) is 10.0 Å². The van der Waals surface area contributed by atoms with E-state index in [4.69, 9.17) is 11.6 Å². The van der Waals surface area contributed by atoms with Crippen LogP contribution in [0.25, 0.3) is 0 Å². The van der Waals surface area contributed by atoms with E-state index in [1.165, 1.54) is 23.1 Å². The maximum absolute atomic E-state index is 14.0. The predicted octanol–water partition coefficient (Wildman–Crippen LogP) is 5.34. The molecule has 208 valence electrons. The van der Waals surface area contributed by atoms with E-state index in [0.717, 1.165) is 15.4 Å². The molecule has 7 nitrogen and oxygen atoms in total. The molecule has 1 unspecified atom stereocenters. The molecule has 0 saturated heterocycles. The summed E-state index contributed by atoms with van der Waals surface area (Å²) in [7, 11) is -4.14. The summed E-state index contributed by atoms with van der Waals surface area (Å²) in [5.41, 5.74) is 2.77. The highest BCUT2D eigenvalue weighted by atomic mass is 35.5. The summed E-state index contributed by atoms with van der Waals surface area (Å²) in [6.07, 6.45) is 0. The number of aryl methyl sites for hydroxylation is 2. The minimum atomic E-state index is -4.14. The first-order chi connectivity index (χ1) is 18.4. The summed E-state index contributed by atoms with van der Waals surface area (Å²) in [6.45, 7) is 9.43. The van der Waals surface area contributed by atoms with Crippen molar-refractivity contribution < 1.29 is 18.0 Å². The van der Waals surface area contributed by atoms with Crippen LogP contribution in [0.5, 0.6) is 0 Å². The molecule has 0 saturated carbocycles. The summed E-state index contributed by atoms with van der Waals surface area (Å²) in [4.78, 5) is 28.6. The molecule has 0 bridgehead atoms. The lowest BCUT2D eigenvalue weighted by atomic mass is 10.1. The van der Waals surface area contributed by atoms with Gasteiger partial charge in [-0.25, -0.2) is 8.42 Å². The number of amides is 2. The molecule has 39 heavy (non-hydrogen) atoms. The van der Waals surface area contributed by atoms with Crippen LogP contribution in [0.4, 0.5) is 5.69 Å². The second-order valence-corrected chi connectivity index (χ2v) is 12.3. The molecule has 0 aliphatic carbocycles. The first-order valence-corrected chi connectivity index (χ1v) is 14.7. The second-order valence-electron chi connectivity index (χ2n) is 10.0. The highest BCUT2D eigenvalue weighted by Crippen LogP contribution is 2.30. The minimum absolute atomic E-state index is 0.0466. The Kier molecular flexibility index (Phi) is 10.2. The topological polar surface area (TPSA) is 86.8 Å². The molecule has 0 aliphatic heterocycles. The van der Waals surface area contributed by atoms with Crippen molar-refractivity contribution in [3.8, 4) is 0 Å². The van der Waals surface area contributed by atoms with Gasteiger partial charge in [0.15, 0.2) is 0 Å². The van der Waals surface area contributed by atoms with Gasteiger partial charge in [-0.15, -0.1) is 0 Å². The highest BCUT2D eigenvalue weighted by Gasteiger charge is 2.33. The number of halogens is 1. The Morgan fingerprint density at radius 2 is 1.54 bits per heavy atom. The summed E-state index contributed by atoms with van der Waals surface area (Å²) >= 11 is 6.26. The Hall–Kier alpha value is -3.36. The normalized spacial score (nSPS) is 12.2. The largest absolute Gasteiger partial charge is 0.354 e. The zero-order valence-corrected chi connectivity index (χ0v) is 24.6. The molecular weight excluding hydrogens is 534 g/mol. The molecular formula is C30H36ClN3O4S. The van der Waals surface area contributed by atoms with Crippen molar-refractivity contribution in [2.24, 2.45) is 5.92 Å². The molecule has 1 N–H and O–H groups in total. The number of nitrogens with zero attached hydrogens (tertiary/aromatic N) is 2. The van der Waals surface area contributed by atoms with Crippen molar-refractivity contribution in [1.29, 1.82) is 0 Å². The van der Waals surface area contributed by atoms with Gasteiger partial charge in [0, 0.05) is 18.1 Å². The minimum Gasteiger partial charge on any atom is -0.354 e. The molecule has 0 radical (unpaired) electrons. The van der Waals surface area contributed by atoms with Gasteiger partial charge < -0.3 is 10.2 Å². The number of hydrogen-bond donors (Lipinski definition) is 1. The van der Waals surface area contributed by atoms with E-state index < -0.39 is 28.5 Å². The monoisotopic (exact) mass is 569 g/mol. The molecule has 0 heterocycles. The van der Waals surface area contributed by atoms with Crippen LogP contribution in [0.3, 0.4) is 0 Å². The van der Waals surface area contributed by atoms with E-state index in [1.807, 2.05) is 45.0 Å². The summed E-state index contributed by atoms with van der Waals surface area (Å²) < 4.78 is 28.8. The third kappa shape index (κ3) is 7.61. The summed E-state index contributed by atoms with van der Waals surface area (Å²) in [6, 6.07) is 19.6. The fraction of sp³-hybridized carbons (Fsp3) is 0.333. The van der Waals surface area contributed by atoms with Crippen molar-refractivity contribution in [3.63, 3.8) is 0 Å². The zero-order chi connectivity index (χ0) is 28.7. The van der Waals surface area contributed by atoms with Crippen LogP contribution in [0, 0.1) is 19.8 Å². The number of nitrogens with one attached hydrogen (secondary N) is 1. The van der Waals surface area contributed by atoms with Crippen LogP contribution < -0.4 is 9.62 Å². The van der Waals surface area contributed by atoms with Gasteiger partial charge in [-0.3, -0.25) is 13.9 Å². The lowest BCUT2D eigenvalue weighted by Gasteiger charge is -2.33. The van der Waals surface area contributed by atoms with Gasteiger partial charge in [0.1, 0.15) is 12.6 Å². The maximum atomic E-state index is 14.0. The van der Waals surface area contributed by atoms with Gasteiger partial charge in [0.05, 0.1) is 10.6 Å². The number of anilines is 1. The van der Waals surface area contributed by atoms with Gasteiger partial charge in [-0.2, -0.15) is 0 Å². The molecule has 3 aromatic rings. The van der Waals surface area contributed by atoms with Crippen LogP contribution in [-0.2, 0) is 26.2 Å². The SMILES string of the molecule is Cc1ccccc1CN(C(=O)CN(c1cc(Cl)ccc1C)S(=O)(=O)c1ccccc1)C(C)C(=O)NCC(C)C. The third-order valence-corrected chi connectivity index (χ3v) is 8.51. The predicted molar refractivity (Wildman–Crippen MR) is 156 cm³/mol. The van der Waals surface area contributed by atoms with E-state index in [2.05, 4.69) is 5.32 Å². The molecule has 0 fully saturated rings. The fourth-order valence-electron chi connectivity index (χ4n) is 4.09. The van der Waals surface area contributed by atoms with Crippen LogP contribution in [0.15, 0.2) is 77.7 Å². The second kappa shape index (κ2) is 13.1. The summed E-state index contributed by atoms with van der Waals surface area (Å²) in [5.74, 6) is -0.578. The Morgan fingerprint density at radius 3 is 2.18 bits per heavy atom. The van der Waals surface area contributed by atoms with Gasteiger partial charge in [-0.05, 0) is 67.6 Å². The average molecular weight is 570 g/mol. The molecule has 0 aromatic heterocycles. The number of carbonyl (C=O) groups is 2. The van der Waals surface area contributed by atoms with E-state index in [-0.39, 0.29) is 23.3 Å². The van der Waals surface area contributed by atoms with Gasteiger partial charge >= 0.3 is 0 Å². The number of carbonyl (C=O) groups excluding carboxylic acids is 2.